The second-order valence-electron chi connectivity index (χ2n) is 28.2. The van der Waals surface area contributed by atoms with Crippen LogP contribution in [-0.2, 0) is 121 Å². The number of rotatable bonds is 19. The summed E-state index contributed by atoms with van der Waals surface area (Å²) in [4.78, 5) is 75.3. The summed E-state index contributed by atoms with van der Waals surface area (Å²) < 4.78 is 8.05. The van der Waals surface area contributed by atoms with E-state index in [1.807, 2.05) is 137 Å². The first-order chi connectivity index (χ1) is 52.8. The lowest BCUT2D eigenvalue weighted by molar-refractivity contribution is -0.130. The zero-order chi connectivity index (χ0) is 76.5. The van der Waals surface area contributed by atoms with Crippen LogP contribution in [0.1, 0.15) is 112 Å². The number of nitrogens with zero attached hydrogens (tertiary/aromatic N) is 14. The van der Waals surface area contributed by atoms with Gasteiger partial charge in [-0.15, -0.1) is 0 Å². The highest BCUT2D eigenvalue weighted by atomic mass is 16.2. The molecule has 11 aromatic rings. The summed E-state index contributed by atoms with van der Waals surface area (Å²) in [6.07, 6.45) is 11.3. The van der Waals surface area contributed by atoms with Crippen molar-refractivity contribution in [1.82, 2.24) is 74.0 Å². The van der Waals surface area contributed by atoms with Crippen LogP contribution in [0.2, 0.25) is 0 Å². The molecule has 15 rings (SSSR count). The monoisotopic (exact) mass is 1470 g/mol. The molecule has 5 N–H and O–H groups in total. The standard InChI is InChI=1S/C23H26N4O.2C22H25N5O.C18H23N5O2/c1-17-7-6-10-20(15-17)24-23-21-16-26(18(2)28)13-12-22(21)27(25-23)14-11-19-8-4-3-5-9-19;1-16-6-5-8-19(14-16)24-22-20-15-26(17(2)28)12-10-21(20)27(25-22)13-9-18-7-3-4-11-23-18;1-16-4-3-5-19(14-16)24-22-20-15-26(17(2)28)12-9-21(20)27(25-22)13-8-18-6-10-23-11-7-18;1-12-5-4-6-14(9-12)20-18-15-10-22(13(2)24)8-7-16(15)23(21-18)11-17(25)19-3/h3-10,15H,11-14,16H2,1-2H3,(H,24,25);3-8,11,14H,9-10,12-13,15H2,1-2H3,(H,24,25);3-7,10-11,14H,8-9,12-13,15H2,1-2H3,(H,24,25);4-6,9H,7-8,10-11H2,1-3H3,(H,19,25)(H,20,21). The third kappa shape index (κ3) is 20.1. The van der Waals surface area contributed by atoms with Gasteiger partial charge >= 0.3 is 0 Å². The van der Waals surface area contributed by atoms with E-state index in [9.17, 15) is 24.0 Å². The lowest BCUT2D eigenvalue weighted by atomic mass is 10.1. The average Bonchev–Trinajstić information content (AvgIpc) is 1.66. The summed E-state index contributed by atoms with van der Waals surface area (Å²) >= 11 is 0. The molecule has 0 spiro atoms. The van der Waals surface area contributed by atoms with Crippen molar-refractivity contribution in [2.75, 3.05) is 54.5 Å². The van der Waals surface area contributed by atoms with Crippen LogP contribution in [0, 0.1) is 27.7 Å². The molecule has 0 aliphatic carbocycles. The van der Waals surface area contributed by atoms with Crippen molar-refractivity contribution in [1.29, 1.82) is 0 Å². The number of fused-ring (bicyclic) bond motifs is 4. The molecule has 0 saturated heterocycles. The van der Waals surface area contributed by atoms with Gasteiger partial charge in [0.25, 0.3) is 0 Å². The molecule has 0 bridgehead atoms. The predicted molar refractivity (Wildman–Crippen MR) is 426 cm³/mol. The van der Waals surface area contributed by atoms with Crippen LogP contribution in [0.5, 0.6) is 0 Å². The number of carbonyl (C=O) groups excluding carboxylic acids is 5. The van der Waals surface area contributed by atoms with Crippen molar-refractivity contribution in [2.45, 2.75) is 153 Å². The Morgan fingerprint density at radius 2 is 0.697 bits per heavy atom. The van der Waals surface area contributed by atoms with Gasteiger partial charge in [0.2, 0.25) is 29.5 Å². The van der Waals surface area contributed by atoms with Crippen molar-refractivity contribution in [2.24, 2.45) is 0 Å². The second kappa shape index (κ2) is 35.9. The number of hydrogen-bond acceptors (Lipinski definition) is 15. The van der Waals surface area contributed by atoms with Crippen LogP contribution in [0.3, 0.4) is 0 Å². The van der Waals surface area contributed by atoms with E-state index in [1.54, 1.807) is 44.3 Å². The normalized spacial score (nSPS) is 13.3. The minimum Gasteiger partial charge on any atom is -0.358 e. The maximum Gasteiger partial charge on any atom is 0.241 e. The maximum absolute atomic E-state index is 11.9. The van der Waals surface area contributed by atoms with Gasteiger partial charge in [0.1, 0.15) is 6.54 Å². The van der Waals surface area contributed by atoms with E-state index in [0.29, 0.717) is 45.0 Å². The van der Waals surface area contributed by atoms with Gasteiger partial charge in [-0.05, 0) is 147 Å². The molecule has 564 valence electrons. The second-order valence-corrected chi connectivity index (χ2v) is 28.2. The fourth-order valence-corrected chi connectivity index (χ4v) is 14.2. The van der Waals surface area contributed by atoms with Gasteiger partial charge in [0.05, 0.1) is 26.2 Å². The number of hydrogen-bond donors (Lipinski definition) is 5. The zero-order valence-electron chi connectivity index (χ0n) is 64.0. The van der Waals surface area contributed by atoms with E-state index in [1.165, 1.54) is 44.9 Å². The molecule has 10 heterocycles. The van der Waals surface area contributed by atoms with Gasteiger partial charge in [0.15, 0.2) is 23.3 Å². The maximum atomic E-state index is 11.9. The molecule has 24 heteroatoms. The number of anilines is 8. The summed E-state index contributed by atoms with van der Waals surface area (Å²) in [7, 11) is 1.61. The van der Waals surface area contributed by atoms with E-state index in [4.69, 9.17) is 15.3 Å². The first-order valence-electron chi connectivity index (χ1n) is 37.5. The third-order valence-electron chi connectivity index (χ3n) is 20.1. The fraction of sp³-hybridized carbons (Fsp3) is 0.329. The molecule has 6 aromatic heterocycles. The largest absolute Gasteiger partial charge is 0.358 e. The fourth-order valence-electron chi connectivity index (χ4n) is 14.2. The molecule has 4 aliphatic rings. The predicted octanol–water partition coefficient (Wildman–Crippen LogP) is 12.6. The summed E-state index contributed by atoms with van der Waals surface area (Å²) in [5, 5.41) is 35.6. The van der Waals surface area contributed by atoms with Gasteiger partial charge in [0, 0.05) is 205 Å². The van der Waals surface area contributed by atoms with Crippen molar-refractivity contribution >= 4 is 75.6 Å². The highest BCUT2D eigenvalue weighted by Gasteiger charge is 2.31. The van der Waals surface area contributed by atoms with Gasteiger partial charge in [-0.25, -0.2) is 0 Å². The molecule has 109 heavy (non-hydrogen) atoms. The minimum absolute atomic E-state index is 0.0474. The number of nitrogens with one attached hydrogen (secondary N) is 5. The molecule has 5 aromatic carbocycles. The zero-order valence-corrected chi connectivity index (χ0v) is 64.0. The molecule has 0 atom stereocenters. The van der Waals surface area contributed by atoms with Crippen molar-refractivity contribution in [3.8, 4) is 0 Å². The number of amides is 5. The number of benzene rings is 5. The quantitative estimate of drug-likeness (QED) is 0.0504. The minimum atomic E-state index is -0.0959. The number of aryl methyl sites for hydroxylation is 10. The highest BCUT2D eigenvalue weighted by molar-refractivity contribution is 5.78. The number of aromatic nitrogens is 10. The van der Waals surface area contributed by atoms with E-state index in [-0.39, 0.29) is 36.1 Å². The summed E-state index contributed by atoms with van der Waals surface area (Å²) in [6.45, 7) is 22.5. The Bertz CT molecular complexity index is 4600. The lowest BCUT2D eigenvalue weighted by Crippen LogP contribution is -2.35. The molecule has 4 aliphatic heterocycles. The smallest absolute Gasteiger partial charge is 0.241 e. The Kier molecular flexibility index (Phi) is 25.2. The van der Waals surface area contributed by atoms with E-state index in [0.717, 1.165) is 157 Å². The van der Waals surface area contributed by atoms with Crippen molar-refractivity contribution in [3.05, 3.63) is 260 Å². The first kappa shape index (κ1) is 76.4. The van der Waals surface area contributed by atoms with Gasteiger partial charge in [-0.3, -0.25) is 52.7 Å². The molecule has 0 fully saturated rings. The summed E-state index contributed by atoms with van der Waals surface area (Å²) in [5.74, 6) is 3.53. The topological polar surface area (TPSA) is 256 Å². The molecular formula is C85H99N19O5. The molecule has 5 amide bonds. The van der Waals surface area contributed by atoms with Crippen LogP contribution < -0.4 is 26.6 Å². The number of carbonyl (C=O) groups is 5. The van der Waals surface area contributed by atoms with E-state index < -0.39 is 0 Å². The summed E-state index contributed by atoms with van der Waals surface area (Å²) in [5.41, 5.74) is 21.4. The Balaban J connectivity index is 0.000000136. The molecule has 0 unspecified atom stereocenters. The van der Waals surface area contributed by atoms with Crippen LogP contribution in [0.4, 0.5) is 46.0 Å². The van der Waals surface area contributed by atoms with E-state index >= 15 is 0 Å². The number of pyridine rings is 2. The summed E-state index contributed by atoms with van der Waals surface area (Å²) in [6, 6.07) is 53.4. The Morgan fingerprint density at radius 3 is 1.03 bits per heavy atom. The first-order valence-corrected chi connectivity index (χ1v) is 37.5. The number of likely N-dealkylation sites (N-methyl/N-ethyl adjacent to an activating group) is 1. The van der Waals surface area contributed by atoms with Gasteiger partial charge in [-0.1, -0.05) is 84.9 Å². The van der Waals surface area contributed by atoms with Crippen molar-refractivity contribution < 1.29 is 24.0 Å². The Labute approximate surface area is 638 Å². The molecule has 0 saturated carbocycles. The van der Waals surface area contributed by atoms with Gasteiger partial charge < -0.3 is 46.2 Å². The third-order valence-corrected chi connectivity index (χ3v) is 20.1. The molecular weight excluding hydrogens is 1370 g/mol. The average molecular weight is 1470 g/mol. The van der Waals surface area contributed by atoms with Crippen LogP contribution in [0.15, 0.2) is 176 Å². The van der Waals surface area contributed by atoms with Crippen LogP contribution in [0.25, 0.3) is 0 Å². The van der Waals surface area contributed by atoms with Gasteiger partial charge in [-0.2, -0.15) is 20.4 Å². The Hall–Kier alpha value is -12.2. The lowest BCUT2D eigenvalue weighted by Gasteiger charge is -2.26. The molecule has 0 radical (unpaired) electrons. The van der Waals surface area contributed by atoms with Crippen LogP contribution >= 0.6 is 0 Å². The van der Waals surface area contributed by atoms with Crippen molar-refractivity contribution in [3.63, 3.8) is 0 Å². The molecule has 24 nitrogen and oxygen atoms in total. The van der Waals surface area contributed by atoms with Crippen LogP contribution in [-0.4, -0.2) is 131 Å². The SMILES string of the molecule is CC(=O)N1CCc2c(c(Nc3cccc(C)c3)nn2CCc2ccccc2)C1.CC(=O)N1CCc2c(c(Nc3cccc(C)c3)nn2CCc2ccccn2)C1.CC(=O)N1CCc2c(c(Nc3cccc(C)c3)nn2CCc2ccncc2)C1.CNC(=O)Cn1nc(Nc2cccc(C)c2)c2c1CCN(C(C)=O)C2. The Morgan fingerprint density at radius 1 is 0.367 bits per heavy atom. The highest BCUT2D eigenvalue weighted by Crippen LogP contribution is 2.34. The van der Waals surface area contributed by atoms with E-state index in [2.05, 4.69) is 137 Å².